The van der Waals surface area contributed by atoms with Crippen molar-refractivity contribution < 1.29 is 4.48 Å². The van der Waals surface area contributed by atoms with Crippen LogP contribution in [0.4, 0.5) is 0 Å². The van der Waals surface area contributed by atoms with E-state index >= 15 is 0 Å². The van der Waals surface area contributed by atoms with Crippen LogP contribution in [0.1, 0.15) is 40.5 Å². The molecule has 11 heavy (non-hydrogen) atoms. The highest BCUT2D eigenvalue weighted by molar-refractivity contribution is 4.53. The van der Waals surface area contributed by atoms with Crippen molar-refractivity contribution in [2.75, 3.05) is 14.1 Å². The molecular weight excluding hydrogens is 134 g/mol. The van der Waals surface area contributed by atoms with Gasteiger partial charge in [0, 0.05) is 0 Å². The Labute approximate surface area is 72.0 Å². The molecule has 0 aliphatic carbocycles. The van der Waals surface area contributed by atoms with Crippen molar-refractivity contribution in [1.29, 1.82) is 0 Å². The van der Waals surface area contributed by atoms with Gasteiger partial charge in [-0.05, 0) is 26.7 Å². The highest BCUT2D eigenvalue weighted by atomic mass is 15.3. The molecule has 2 unspecified atom stereocenters. The summed E-state index contributed by atoms with van der Waals surface area (Å²) < 4.78 is 1.16. The Balaban J connectivity index is 4.18. The highest BCUT2D eigenvalue weighted by Crippen LogP contribution is 2.17. The molecule has 1 nitrogen and oxygen atoms in total. The first-order valence-corrected chi connectivity index (χ1v) is 4.80. The Morgan fingerprint density at radius 3 is 1.36 bits per heavy atom. The molecule has 0 aromatic carbocycles. The summed E-state index contributed by atoms with van der Waals surface area (Å²) in [5, 5.41) is 0. The second-order valence-corrected chi connectivity index (χ2v) is 4.14. The Hall–Kier alpha value is -0.0400. The molecule has 0 spiro atoms. The van der Waals surface area contributed by atoms with E-state index < -0.39 is 0 Å². The Morgan fingerprint density at radius 2 is 1.18 bits per heavy atom. The lowest BCUT2D eigenvalue weighted by Crippen LogP contribution is -2.52. The van der Waals surface area contributed by atoms with Crippen LogP contribution in [0.2, 0.25) is 0 Å². The normalized spacial score (nSPS) is 18.0. The van der Waals surface area contributed by atoms with Gasteiger partial charge in [-0.1, -0.05) is 13.8 Å². The molecular formula is C10H24N+. The van der Waals surface area contributed by atoms with Crippen LogP contribution in [-0.2, 0) is 0 Å². The molecule has 0 bridgehead atoms. The minimum absolute atomic E-state index is 0.782. The molecule has 1 heteroatoms. The van der Waals surface area contributed by atoms with Crippen LogP contribution < -0.4 is 0 Å². The molecule has 0 aromatic rings. The third-order valence-corrected chi connectivity index (χ3v) is 3.45. The monoisotopic (exact) mass is 158 g/mol. The minimum atomic E-state index is 0.782. The van der Waals surface area contributed by atoms with Crippen LogP contribution in [0, 0.1) is 0 Å². The first-order valence-electron chi connectivity index (χ1n) is 4.80. The minimum Gasteiger partial charge on any atom is -0.324 e. The molecule has 0 amide bonds. The van der Waals surface area contributed by atoms with Gasteiger partial charge < -0.3 is 4.48 Å². The molecule has 0 heterocycles. The van der Waals surface area contributed by atoms with Crippen LogP contribution in [-0.4, -0.2) is 30.7 Å². The number of hydrogen-bond acceptors (Lipinski definition) is 0. The number of rotatable bonds is 4. The van der Waals surface area contributed by atoms with Crippen molar-refractivity contribution in [1.82, 2.24) is 0 Å². The quantitative estimate of drug-likeness (QED) is 0.552. The van der Waals surface area contributed by atoms with E-state index in [0.717, 1.165) is 16.6 Å². The Bertz CT molecular complexity index is 95.4. The van der Waals surface area contributed by atoms with Crippen molar-refractivity contribution in [3.63, 3.8) is 0 Å². The second kappa shape index (κ2) is 4.10. The first kappa shape index (κ1) is 11.0. The van der Waals surface area contributed by atoms with Gasteiger partial charge in [0.05, 0.1) is 26.2 Å². The van der Waals surface area contributed by atoms with E-state index in [1.165, 1.54) is 12.8 Å². The first-order chi connectivity index (χ1) is 4.96. The van der Waals surface area contributed by atoms with E-state index in [4.69, 9.17) is 0 Å². The third kappa shape index (κ3) is 2.48. The average molecular weight is 158 g/mol. The van der Waals surface area contributed by atoms with Gasteiger partial charge >= 0.3 is 0 Å². The van der Waals surface area contributed by atoms with Crippen LogP contribution in [0.15, 0.2) is 0 Å². The summed E-state index contributed by atoms with van der Waals surface area (Å²) in [5.74, 6) is 0. The summed E-state index contributed by atoms with van der Waals surface area (Å²) >= 11 is 0. The smallest absolute Gasteiger partial charge is 0.0856 e. The number of hydrogen-bond donors (Lipinski definition) is 0. The fraction of sp³-hybridized carbons (Fsp3) is 1.00. The van der Waals surface area contributed by atoms with Crippen molar-refractivity contribution in [3.05, 3.63) is 0 Å². The van der Waals surface area contributed by atoms with Crippen molar-refractivity contribution >= 4 is 0 Å². The van der Waals surface area contributed by atoms with Gasteiger partial charge in [-0.25, -0.2) is 0 Å². The predicted octanol–water partition coefficient (Wildman–Crippen LogP) is 2.66. The van der Waals surface area contributed by atoms with Crippen molar-refractivity contribution in [2.45, 2.75) is 52.6 Å². The fourth-order valence-corrected chi connectivity index (χ4v) is 1.38. The summed E-state index contributed by atoms with van der Waals surface area (Å²) in [7, 11) is 4.67. The topological polar surface area (TPSA) is 0 Å². The van der Waals surface area contributed by atoms with E-state index in [2.05, 4.69) is 41.8 Å². The zero-order valence-corrected chi connectivity index (χ0v) is 9.02. The average Bonchev–Trinajstić information content (AvgIpc) is 2.01. The van der Waals surface area contributed by atoms with Gasteiger partial charge in [-0.2, -0.15) is 0 Å². The van der Waals surface area contributed by atoms with Gasteiger partial charge in [0.25, 0.3) is 0 Å². The van der Waals surface area contributed by atoms with Gasteiger partial charge in [-0.3, -0.25) is 0 Å². The lowest BCUT2D eigenvalue weighted by Gasteiger charge is -2.41. The van der Waals surface area contributed by atoms with Gasteiger partial charge in [-0.15, -0.1) is 0 Å². The summed E-state index contributed by atoms with van der Waals surface area (Å²) in [6.07, 6.45) is 2.55. The largest absolute Gasteiger partial charge is 0.324 e. The fourth-order valence-electron chi connectivity index (χ4n) is 1.38. The highest BCUT2D eigenvalue weighted by Gasteiger charge is 2.27. The van der Waals surface area contributed by atoms with Gasteiger partial charge in [0.1, 0.15) is 0 Å². The predicted molar refractivity (Wildman–Crippen MR) is 51.6 cm³/mol. The standard InChI is InChI=1S/C10H24N/c1-7-9(3)11(5,6)10(4)8-2/h9-10H,7-8H2,1-6H3/q+1. The zero-order valence-electron chi connectivity index (χ0n) is 9.02. The molecule has 68 valence electrons. The number of quaternary nitrogens is 1. The van der Waals surface area contributed by atoms with E-state index in [1.54, 1.807) is 0 Å². The SMILES string of the molecule is CCC(C)[N+](C)(C)C(C)CC. The molecule has 0 fully saturated rings. The van der Waals surface area contributed by atoms with E-state index in [1.807, 2.05) is 0 Å². The molecule has 0 aromatic heterocycles. The molecule has 2 atom stereocenters. The lowest BCUT2D eigenvalue weighted by molar-refractivity contribution is -0.935. The van der Waals surface area contributed by atoms with E-state index in [0.29, 0.717) is 0 Å². The third-order valence-electron chi connectivity index (χ3n) is 3.45. The van der Waals surface area contributed by atoms with E-state index in [-0.39, 0.29) is 0 Å². The Kier molecular flexibility index (Phi) is 4.09. The van der Waals surface area contributed by atoms with Gasteiger partial charge in [0.15, 0.2) is 0 Å². The summed E-state index contributed by atoms with van der Waals surface area (Å²) in [6, 6.07) is 1.56. The van der Waals surface area contributed by atoms with Crippen LogP contribution in [0.25, 0.3) is 0 Å². The molecule has 0 aliphatic heterocycles. The molecule has 0 saturated carbocycles. The lowest BCUT2D eigenvalue weighted by atomic mass is 10.1. The summed E-state index contributed by atoms with van der Waals surface area (Å²) in [5.41, 5.74) is 0. The van der Waals surface area contributed by atoms with E-state index in [9.17, 15) is 0 Å². The molecule has 0 N–H and O–H groups in total. The maximum atomic E-state index is 2.34. The summed E-state index contributed by atoms with van der Waals surface area (Å²) in [4.78, 5) is 0. The van der Waals surface area contributed by atoms with Crippen LogP contribution in [0.5, 0.6) is 0 Å². The van der Waals surface area contributed by atoms with Crippen molar-refractivity contribution in [2.24, 2.45) is 0 Å². The maximum Gasteiger partial charge on any atom is 0.0856 e. The summed E-state index contributed by atoms with van der Waals surface area (Å²) in [6.45, 7) is 9.22. The second-order valence-electron chi connectivity index (χ2n) is 4.14. The Morgan fingerprint density at radius 1 is 0.909 bits per heavy atom. The molecule has 0 radical (unpaired) electrons. The molecule has 0 saturated heterocycles. The number of nitrogens with zero attached hydrogens (tertiary/aromatic N) is 1. The van der Waals surface area contributed by atoms with Crippen LogP contribution >= 0.6 is 0 Å². The van der Waals surface area contributed by atoms with Crippen molar-refractivity contribution in [3.8, 4) is 0 Å². The molecule has 0 aliphatic rings. The zero-order chi connectivity index (χ0) is 9.07. The maximum absolute atomic E-state index is 2.34. The van der Waals surface area contributed by atoms with Crippen LogP contribution in [0.3, 0.4) is 0 Å². The molecule has 0 rings (SSSR count). The van der Waals surface area contributed by atoms with Gasteiger partial charge in [0.2, 0.25) is 0 Å².